The topological polar surface area (TPSA) is 12.9 Å². The zero-order chi connectivity index (χ0) is 8.01. The molecule has 1 aromatic heterocycles. The van der Waals surface area contributed by atoms with Crippen LogP contribution in [0.4, 0.5) is 0 Å². The molecule has 1 heterocycles. The molecule has 0 N–H and O–H groups in total. The molecule has 0 amide bonds. The SMILES string of the molecule is Cc1nc2c(s1)C(C)CC2C. The Hall–Kier alpha value is -0.370. The zero-order valence-electron chi connectivity index (χ0n) is 7.22. The maximum Gasteiger partial charge on any atom is 0.0900 e. The van der Waals surface area contributed by atoms with E-state index in [1.54, 1.807) is 0 Å². The van der Waals surface area contributed by atoms with Crippen molar-refractivity contribution < 1.29 is 0 Å². The van der Waals surface area contributed by atoms with Crippen LogP contribution in [0.5, 0.6) is 0 Å². The fourth-order valence-corrected chi connectivity index (χ4v) is 3.03. The first-order valence-electron chi connectivity index (χ1n) is 4.15. The molecule has 1 aromatic rings. The number of aryl methyl sites for hydroxylation is 1. The van der Waals surface area contributed by atoms with Gasteiger partial charge >= 0.3 is 0 Å². The molecule has 0 saturated carbocycles. The van der Waals surface area contributed by atoms with E-state index in [9.17, 15) is 0 Å². The van der Waals surface area contributed by atoms with Gasteiger partial charge in [0.25, 0.3) is 0 Å². The molecule has 0 spiro atoms. The molecular weight excluding hydrogens is 154 g/mol. The van der Waals surface area contributed by atoms with E-state index >= 15 is 0 Å². The Labute approximate surface area is 71.5 Å². The quantitative estimate of drug-likeness (QED) is 0.578. The van der Waals surface area contributed by atoms with Crippen LogP contribution in [0, 0.1) is 6.92 Å². The van der Waals surface area contributed by atoms with Gasteiger partial charge < -0.3 is 0 Å². The Bertz CT molecular complexity index is 252. The van der Waals surface area contributed by atoms with E-state index in [-0.39, 0.29) is 0 Å². The summed E-state index contributed by atoms with van der Waals surface area (Å²) in [5.41, 5.74) is 1.38. The molecule has 0 aromatic carbocycles. The van der Waals surface area contributed by atoms with E-state index in [0.717, 1.165) is 5.92 Å². The van der Waals surface area contributed by atoms with Crippen LogP contribution in [0.15, 0.2) is 0 Å². The number of hydrogen-bond acceptors (Lipinski definition) is 2. The van der Waals surface area contributed by atoms with Gasteiger partial charge in [-0.2, -0.15) is 0 Å². The van der Waals surface area contributed by atoms with Gasteiger partial charge in [0, 0.05) is 10.8 Å². The first-order valence-corrected chi connectivity index (χ1v) is 4.97. The van der Waals surface area contributed by atoms with Crippen molar-refractivity contribution in [1.29, 1.82) is 0 Å². The molecule has 2 heteroatoms. The fourth-order valence-electron chi connectivity index (χ4n) is 1.91. The lowest BCUT2D eigenvalue weighted by Crippen LogP contribution is -1.87. The highest BCUT2D eigenvalue weighted by Gasteiger charge is 2.28. The molecule has 0 aliphatic heterocycles. The first kappa shape index (κ1) is 7.29. The van der Waals surface area contributed by atoms with E-state index in [0.29, 0.717) is 5.92 Å². The molecule has 1 aliphatic rings. The van der Waals surface area contributed by atoms with E-state index in [2.05, 4.69) is 25.8 Å². The predicted molar refractivity (Wildman–Crippen MR) is 48.3 cm³/mol. The minimum atomic E-state index is 0.699. The van der Waals surface area contributed by atoms with Crippen LogP contribution in [-0.4, -0.2) is 4.98 Å². The highest BCUT2D eigenvalue weighted by atomic mass is 32.1. The van der Waals surface area contributed by atoms with Crippen LogP contribution in [0.2, 0.25) is 0 Å². The second-order valence-corrected chi connectivity index (χ2v) is 4.75. The summed E-state index contributed by atoms with van der Waals surface area (Å²) >= 11 is 1.88. The minimum absolute atomic E-state index is 0.699. The van der Waals surface area contributed by atoms with Gasteiger partial charge in [0.2, 0.25) is 0 Å². The summed E-state index contributed by atoms with van der Waals surface area (Å²) in [4.78, 5) is 6.08. The molecule has 2 rings (SSSR count). The Morgan fingerprint density at radius 3 is 2.73 bits per heavy atom. The summed E-state index contributed by atoms with van der Waals surface area (Å²) in [6.45, 7) is 6.68. The van der Waals surface area contributed by atoms with Crippen molar-refractivity contribution >= 4 is 11.3 Å². The molecular formula is C9H13NS. The molecule has 0 radical (unpaired) electrons. The van der Waals surface area contributed by atoms with Gasteiger partial charge in [-0.3, -0.25) is 0 Å². The average molecular weight is 167 g/mol. The van der Waals surface area contributed by atoms with Crippen LogP contribution >= 0.6 is 11.3 Å². The smallest absolute Gasteiger partial charge is 0.0900 e. The zero-order valence-corrected chi connectivity index (χ0v) is 8.03. The lowest BCUT2D eigenvalue weighted by atomic mass is 10.1. The second kappa shape index (κ2) is 2.31. The number of thiazole rings is 1. The highest BCUT2D eigenvalue weighted by molar-refractivity contribution is 7.11. The van der Waals surface area contributed by atoms with Crippen molar-refractivity contribution in [2.24, 2.45) is 0 Å². The predicted octanol–water partition coefficient (Wildman–Crippen LogP) is 3.06. The molecule has 2 atom stereocenters. The average Bonchev–Trinajstić information content (AvgIpc) is 2.38. The fraction of sp³-hybridized carbons (Fsp3) is 0.667. The van der Waals surface area contributed by atoms with Crippen molar-refractivity contribution in [2.45, 2.75) is 39.0 Å². The van der Waals surface area contributed by atoms with Gasteiger partial charge in [-0.1, -0.05) is 13.8 Å². The van der Waals surface area contributed by atoms with Crippen molar-refractivity contribution in [3.63, 3.8) is 0 Å². The lowest BCUT2D eigenvalue weighted by molar-refractivity contribution is 0.655. The van der Waals surface area contributed by atoms with Gasteiger partial charge in [-0.25, -0.2) is 4.98 Å². The van der Waals surface area contributed by atoms with Gasteiger partial charge in [-0.15, -0.1) is 11.3 Å². The third kappa shape index (κ3) is 1.00. The lowest BCUT2D eigenvalue weighted by Gasteiger charge is -2.00. The molecule has 1 nitrogen and oxygen atoms in total. The largest absolute Gasteiger partial charge is 0.246 e. The van der Waals surface area contributed by atoms with Crippen LogP contribution in [0.25, 0.3) is 0 Å². The summed E-state index contributed by atoms with van der Waals surface area (Å²) in [7, 11) is 0. The molecule has 0 bridgehead atoms. The molecule has 1 aliphatic carbocycles. The number of aromatic nitrogens is 1. The maximum absolute atomic E-state index is 4.54. The molecule has 11 heavy (non-hydrogen) atoms. The van der Waals surface area contributed by atoms with Crippen molar-refractivity contribution in [2.75, 3.05) is 0 Å². The Balaban J connectivity index is 2.50. The second-order valence-electron chi connectivity index (χ2n) is 3.52. The third-order valence-electron chi connectivity index (χ3n) is 2.41. The van der Waals surface area contributed by atoms with Gasteiger partial charge in [0.1, 0.15) is 0 Å². The molecule has 60 valence electrons. The van der Waals surface area contributed by atoms with E-state index in [1.165, 1.54) is 22.0 Å². The van der Waals surface area contributed by atoms with Crippen LogP contribution in [0.3, 0.4) is 0 Å². The summed E-state index contributed by atoms with van der Waals surface area (Å²) in [5.74, 6) is 1.45. The van der Waals surface area contributed by atoms with Crippen LogP contribution in [-0.2, 0) is 0 Å². The summed E-state index contributed by atoms with van der Waals surface area (Å²) in [6, 6.07) is 0. The third-order valence-corrected chi connectivity index (χ3v) is 3.63. The number of fused-ring (bicyclic) bond motifs is 1. The summed E-state index contributed by atoms with van der Waals surface area (Å²) in [6.07, 6.45) is 1.30. The molecule has 0 saturated heterocycles. The van der Waals surface area contributed by atoms with E-state index in [1.807, 2.05) is 11.3 Å². The van der Waals surface area contributed by atoms with Crippen molar-refractivity contribution in [3.05, 3.63) is 15.6 Å². The number of nitrogens with zero attached hydrogens (tertiary/aromatic N) is 1. The Kier molecular flexibility index (Phi) is 1.53. The Morgan fingerprint density at radius 2 is 2.09 bits per heavy atom. The Morgan fingerprint density at radius 1 is 1.36 bits per heavy atom. The molecule has 2 unspecified atom stereocenters. The standard InChI is InChI=1S/C9H13NS/c1-5-4-6(2)9-8(5)10-7(3)11-9/h5-6H,4H2,1-3H3. The van der Waals surface area contributed by atoms with Crippen molar-refractivity contribution in [3.8, 4) is 0 Å². The number of hydrogen-bond donors (Lipinski definition) is 0. The van der Waals surface area contributed by atoms with Crippen molar-refractivity contribution in [1.82, 2.24) is 4.98 Å². The summed E-state index contributed by atoms with van der Waals surface area (Å²) in [5, 5.41) is 1.23. The first-order chi connectivity index (χ1) is 5.18. The van der Waals surface area contributed by atoms with Gasteiger partial charge in [0.05, 0.1) is 10.7 Å². The van der Waals surface area contributed by atoms with Gasteiger partial charge in [-0.05, 0) is 19.3 Å². The maximum atomic E-state index is 4.54. The number of rotatable bonds is 0. The van der Waals surface area contributed by atoms with Crippen LogP contribution in [0.1, 0.15) is 47.7 Å². The van der Waals surface area contributed by atoms with Gasteiger partial charge in [0.15, 0.2) is 0 Å². The normalized spacial score (nSPS) is 29.0. The summed E-state index contributed by atoms with van der Waals surface area (Å²) < 4.78 is 0. The highest BCUT2D eigenvalue weighted by Crippen LogP contribution is 2.43. The minimum Gasteiger partial charge on any atom is -0.246 e. The molecule has 0 fully saturated rings. The van der Waals surface area contributed by atoms with Crippen LogP contribution < -0.4 is 0 Å². The van der Waals surface area contributed by atoms with E-state index in [4.69, 9.17) is 0 Å². The monoisotopic (exact) mass is 167 g/mol. The van der Waals surface area contributed by atoms with E-state index < -0.39 is 0 Å².